The standard InChI is InChI=1S/C19H25N3O5/c1-3-20-16(23)11-22-9-8-19(7-6-17(22)24)12-21-18(25)14-5-4-13(26-2)10-15(14)27-19/h4-5,10H,3,6-9,11-12H2,1-2H3,(H,20,23)(H,21,25). The predicted octanol–water partition coefficient (Wildman–Crippen LogP) is 0.705. The second-order valence-electron chi connectivity index (χ2n) is 6.85. The molecule has 2 heterocycles. The number of amides is 3. The Balaban J connectivity index is 1.80. The Hall–Kier alpha value is -2.77. The van der Waals surface area contributed by atoms with Crippen LogP contribution in [0.1, 0.15) is 36.5 Å². The molecule has 2 aliphatic heterocycles. The van der Waals surface area contributed by atoms with Crippen molar-refractivity contribution >= 4 is 17.7 Å². The first kappa shape index (κ1) is 19.0. The van der Waals surface area contributed by atoms with E-state index in [9.17, 15) is 14.4 Å². The Morgan fingerprint density at radius 1 is 1.37 bits per heavy atom. The molecule has 8 heteroatoms. The van der Waals surface area contributed by atoms with Gasteiger partial charge < -0.3 is 25.0 Å². The lowest BCUT2D eigenvalue weighted by Crippen LogP contribution is -2.46. The van der Waals surface area contributed by atoms with Gasteiger partial charge in [-0.2, -0.15) is 0 Å². The fraction of sp³-hybridized carbons (Fsp3) is 0.526. The normalized spacial score (nSPS) is 22.2. The second kappa shape index (κ2) is 7.85. The molecule has 2 N–H and O–H groups in total. The molecule has 3 rings (SSSR count). The molecule has 27 heavy (non-hydrogen) atoms. The maximum absolute atomic E-state index is 12.5. The molecule has 1 saturated heterocycles. The van der Waals surface area contributed by atoms with Gasteiger partial charge >= 0.3 is 0 Å². The van der Waals surface area contributed by atoms with E-state index in [1.54, 1.807) is 30.2 Å². The van der Waals surface area contributed by atoms with Gasteiger partial charge in [-0.25, -0.2) is 0 Å². The lowest BCUT2D eigenvalue weighted by atomic mass is 9.94. The van der Waals surface area contributed by atoms with Gasteiger partial charge in [-0.15, -0.1) is 0 Å². The number of hydrogen-bond donors (Lipinski definition) is 2. The third-order valence-corrected chi connectivity index (χ3v) is 5.02. The summed E-state index contributed by atoms with van der Waals surface area (Å²) in [5.74, 6) is 0.588. The zero-order valence-corrected chi connectivity index (χ0v) is 15.7. The van der Waals surface area contributed by atoms with Crippen LogP contribution in [0.25, 0.3) is 0 Å². The summed E-state index contributed by atoms with van der Waals surface area (Å²) < 4.78 is 11.5. The first-order chi connectivity index (χ1) is 13.0. The van der Waals surface area contributed by atoms with Crippen LogP contribution in [0.5, 0.6) is 11.5 Å². The molecule has 2 aliphatic rings. The lowest BCUT2D eigenvalue weighted by Gasteiger charge is -2.32. The third kappa shape index (κ3) is 4.15. The highest BCUT2D eigenvalue weighted by atomic mass is 16.5. The summed E-state index contributed by atoms with van der Waals surface area (Å²) >= 11 is 0. The zero-order chi connectivity index (χ0) is 19.4. The first-order valence-corrected chi connectivity index (χ1v) is 9.16. The largest absolute Gasteiger partial charge is 0.497 e. The van der Waals surface area contributed by atoms with Crippen LogP contribution in [0.15, 0.2) is 18.2 Å². The highest BCUT2D eigenvalue weighted by molar-refractivity contribution is 5.97. The topological polar surface area (TPSA) is 97.0 Å². The number of hydrogen-bond acceptors (Lipinski definition) is 5. The number of benzene rings is 1. The number of nitrogens with one attached hydrogen (secondary N) is 2. The van der Waals surface area contributed by atoms with Gasteiger partial charge in [0, 0.05) is 32.0 Å². The van der Waals surface area contributed by atoms with E-state index in [0.717, 1.165) is 0 Å². The minimum atomic E-state index is -0.696. The third-order valence-electron chi connectivity index (χ3n) is 5.02. The van der Waals surface area contributed by atoms with E-state index in [-0.39, 0.29) is 30.7 Å². The summed E-state index contributed by atoms with van der Waals surface area (Å²) in [6, 6.07) is 5.08. The Labute approximate surface area is 158 Å². The van der Waals surface area contributed by atoms with Gasteiger partial charge in [0.05, 0.1) is 25.8 Å². The summed E-state index contributed by atoms with van der Waals surface area (Å²) in [4.78, 5) is 38.3. The van der Waals surface area contributed by atoms with Crippen molar-refractivity contribution in [1.29, 1.82) is 0 Å². The van der Waals surface area contributed by atoms with Crippen molar-refractivity contribution in [3.8, 4) is 11.5 Å². The van der Waals surface area contributed by atoms with Gasteiger partial charge in [-0.1, -0.05) is 0 Å². The molecule has 0 bridgehead atoms. The highest BCUT2D eigenvalue weighted by Gasteiger charge is 2.40. The molecular formula is C19H25N3O5. The molecule has 1 fully saturated rings. The van der Waals surface area contributed by atoms with E-state index in [4.69, 9.17) is 9.47 Å². The van der Waals surface area contributed by atoms with E-state index >= 15 is 0 Å². The van der Waals surface area contributed by atoms with Gasteiger partial charge in [0.25, 0.3) is 5.91 Å². The molecule has 0 saturated carbocycles. The van der Waals surface area contributed by atoms with Gasteiger partial charge in [0.1, 0.15) is 17.1 Å². The van der Waals surface area contributed by atoms with Gasteiger partial charge in [-0.3, -0.25) is 14.4 Å². The van der Waals surface area contributed by atoms with Crippen LogP contribution < -0.4 is 20.1 Å². The second-order valence-corrected chi connectivity index (χ2v) is 6.85. The Kier molecular flexibility index (Phi) is 5.53. The Morgan fingerprint density at radius 2 is 2.19 bits per heavy atom. The van der Waals surface area contributed by atoms with Crippen molar-refractivity contribution < 1.29 is 23.9 Å². The average molecular weight is 375 g/mol. The van der Waals surface area contributed by atoms with Crippen LogP contribution in [-0.4, -0.2) is 61.5 Å². The summed E-state index contributed by atoms with van der Waals surface area (Å²) in [6.45, 7) is 3.11. The van der Waals surface area contributed by atoms with Crippen LogP contribution in [0.2, 0.25) is 0 Å². The van der Waals surface area contributed by atoms with Crippen LogP contribution in [-0.2, 0) is 9.59 Å². The minimum Gasteiger partial charge on any atom is -0.497 e. The number of nitrogens with zero attached hydrogens (tertiary/aromatic N) is 1. The number of carbonyl (C=O) groups excluding carboxylic acids is 3. The van der Waals surface area contributed by atoms with Crippen LogP contribution >= 0.6 is 0 Å². The zero-order valence-electron chi connectivity index (χ0n) is 15.7. The molecule has 1 spiro atoms. The SMILES string of the molecule is CCNC(=O)CN1CCC2(CCC1=O)CNC(=O)c1ccc(OC)cc1O2. The summed E-state index contributed by atoms with van der Waals surface area (Å²) in [6.07, 6.45) is 1.25. The van der Waals surface area contributed by atoms with Crippen molar-refractivity contribution in [3.63, 3.8) is 0 Å². The molecule has 1 atom stereocenters. The molecule has 146 valence electrons. The van der Waals surface area contributed by atoms with Crippen LogP contribution in [0.3, 0.4) is 0 Å². The van der Waals surface area contributed by atoms with E-state index < -0.39 is 5.60 Å². The molecule has 0 aliphatic carbocycles. The number of rotatable bonds is 4. The summed E-state index contributed by atoms with van der Waals surface area (Å²) in [5, 5.41) is 5.61. The maximum Gasteiger partial charge on any atom is 0.255 e. The molecule has 0 aromatic heterocycles. The smallest absolute Gasteiger partial charge is 0.255 e. The predicted molar refractivity (Wildman–Crippen MR) is 97.8 cm³/mol. The summed E-state index contributed by atoms with van der Waals surface area (Å²) in [5.41, 5.74) is -0.249. The molecule has 1 aromatic carbocycles. The minimum absolute atomic E-state index is 0.0412. The average Bonchev–Trinajstić information content (AvgIpc) is 2.89. The van der Waals surface area contributed by atoms with E-state index in [1.165, 1.54) is 0 Å². The maximum atomic E-state index is 12.5. The van der Waals surface area contributed by atoms with E-state index in [2.05, 4.69) is 10.6 Å². The molecule has 0 radical (unpaired) electrons. The molecule has 3 amide bonds. The van der Waals surface area contributed by atoms with E-state index in [1.807, 2.05) is 6.92 Å². The van der Waals surface area contributed by atoms with E-state index in [0.29, 0.717) is 49.5 Å². The number of fused-ring (bicyclic) bond motifs is 1. The van der Waals surface area contributed by atoms with Gasteiger partial charge in [0.2, 0.25) is 11.8 Å². The van der Waals surface area contributed by atoms with Crippen molar-refractivity contribution in [2.75, 3.05) is 33.3 Å². The van der Waals surface area contributed by atoms with Crippen LogP contribution in [0.4, 0.5) is 0 Å². The van der Waals surface area contributed by atoms with Gasteiger partial charge in [0.15, 0.2) is 0 Å². The fourth-order valence-electron chi connectivity index (χ4n) is 3.46. The quantitative estimate of drug-likeness (QED) is 0.808. The van der Waals surface area contributed by atoms with Gasteiger partial charge in [-0.05, 0) is 25.5 Å². The Morgan fingerprint density at radius 3 is 2.93 bits per heavy atom. The monoisotopic (exact) mass is 375 g/mol. The number of likely N-dealkylation sites (N-methyl/N-ethyl adjacent to an activating group) is 1. The number of ether oxygens (including phenoxy) is 2. The molecule has 1 aromatic rings. The molecule has 8 nitrogen and oxygen atoms in total. The molecular weight excluding hydrogens is 350 g/mol. The fourth-order valence-corrected chi connectivity index (χ4v) is 3.46. The van der Waals surface area contributed by atoms with Crippen molar-refractivity contribution in [1.82, 2.24) is 15.5 Å². The highest BCUT2D eigenvalue weighted by Crippen LogP contribution is 2.35. The molecule has 1 unspecified atom stereocenters. The number of carbonyl (C=O) groups is 3. The summed E-state index contributed by atoms with van der Waals surface area (Å²) in [7, 11) is 1.55. The van der Waals surface area contributed by atoms with Crippen molar-refractivity contribution in [3.05, 3.63) is 23.8 Å². The Bertz CT molecular complexity index is 751. The number of likely N-dealkylation sites (tertiary alicyclic amines) is 1. The van der Waals surface area contributed by atoms with Crippen LogP contribution in [0, 0.1) is 0 Å². The number of methoxy groups -OCH3 is 1. The first-order valence-electron chi connectivity index (χ1n) is 9.16. The van der Waals surface area contributed by atoms with Crippen molar-refractivity contribution in [2.45, 2.75) is 31.8 Å². The van der Waals surface area contributed by atoms with Crippen molar-refractivity contribution in [2.24, 2.45) is 0 Å². The lowest BCUT2D eigenvalue weighted by molar-refractivity contribution is -0.135.